The molecule has 0 fully saturated rings. The SMILES string of the molecule is COc1ccc(C[NH2+]C(C)(CO)CO)cc1OC. The molecule has 0 saturated carbocycles. The van der Waals surface area contributed by atoms with Crippen LogP contribution in [0.15, 0.2) is 18.2 Å². The summed E-state index contributed by atoms with van der Waals surface area (Å²) in [5, 5.41) is 20.3. The Bertz CT molecular complexity index is 377. The van der Waals surface area contributed by atoms with Crippen LogP contribution in [0.3, 0.4) is 0 Å². The fourth-order valence-corrected chi connectivity index (χ4v) is 1.55. The zero-order valence-electron chi connectivity index (χ0n) is 11.1. The molecule has 18 heavy (non-hydrogen) atoms. The minimum absolute atomic E-state index is 0.0726. The molecular formula is C13H22NO4+. The number of aliphatic hydroxyl groups is 2. The molecule has 1 aromatic rings. The number of benzene rings is 1. The van der Waals surface area contributed by atoms with E-state index in [-0.39, 0.29) is 13.2 Å². The van der Waals surface area contributed by atoms with Crippen molar-refractivity contribution in [2.24, 2.45) is 0 Å². The van der Waals surface area contributed by atoms with Crippen molar-refractivity contribution in [2.45, 2.75) is 19.0 Å². The summed E-state index contributed by atoms with van der Waals surface area (Å²) >= 11 is 0. The number of aliphatic hydroxyl groups excluding tert-OH is 2. The molecule has 0 aliphatic rings. The fraction of sp³-hybridized carbons (Fsp3) is 0.538. The van der Waals surface area contributed by atoms with Crippen LogP contribution in [-0.4, -0.2) is 43.2 Å². The van der Waals surface area contributed by atoms with Crippen molar-refractivity contribution < 1.29 is 25.0 Å². The third-order valence-corrected chi connectivity index (χ3v) is 3.00. The Morgan fingerprint density at radius 3 is 2.22 bits per heavy atom. The zero-order valence-corrected chi connectivity index (χ0v) is 11.1. The van der Waals surface area contributed by atoms with Gasteiger partial charge in [0.25, 0.3) is 0 Å². The number of rotatable bonds is 7. The van der Waals surface area contributed by atoms with Gasteiger partial charge in [-0.15, -0.1) is 0 Å². The van der Waals surface area contributed by atoms with Crippen molar-refractivity contribution in [3.05, 3.63) is 23.8 Å². The molecule has 0 aromatic heterocycles. The number of hydrogen-bond donors (Lipinski definition) is 3. The Balaban J connectivity index is 2.74. The Labute approximate surface area is 107 Å². The Hall–Kier alpha value is -1.30. The van der Waals surface area contributed by atoms with Gasteiger partial charge in [0.2, 0.25) is 0 Å². The first kappa shape index (κ1) is 14.8. The topological polar surface area (TPSA) is 75.5 Å². The summed E-state index contributed by atoms with van der Waals surface area (Å²) in [4.78, 5) is 0. The molecule has 0 saturated heterocycles. The van der Waals surface area contributed by atoms with Gasteiger partial charge in [-0.1, -0.05) is 0 Å². The Morgan fingerprint density at radius 2 is 1.72 bits per heavy atom. The molecule has 0 radical (unpaired) electrons. The number of nitrogens with two attached hydrogens (primary N) is 1. The van der Waals surface area contributed by atoms with Gasteiger partial charge < -0.3 is 25.0 Å². The normalized spacial score (nSPS) is 11.4. The smallest absolute Gasteiger partial charge is 0.161 e. The Kier molecular flexibility index (Phi) is 5.40. The maximum atomic E-state index is 9.21. The van der Waals surface area contributed by atoms with E-state index in [0.717, 1.165) is 5.56 Å². The lowest BCUT2D eigenvalue weighted by atomic mass is 10.0. The third kappa shape index (κ3) is 3.60. The average molecular weight is 256 g/mol. The average Bonchev–Trinajstić information content (AvgIpc) is 2.44. The third-order valence-electron chi connectivity index (χ3n) is 3.00. The first-order valence-corrected chi connectivity index (χ1v) is 5.85. The molecule has 1 aromatic carbocycles. The zero-order chi connectivity index (χ0) is 13.6. The number of quaternary nitrogens is 1. The molecule has 0 amide bonds. The Morgan fingerprint density at radius 1 is 1.11 bits per heavy atom. The highest BCUT2D eigenvalue weighted by Gasteiger charge is 2.25. The van der Waals surface area contributed by atoms with Gasteiger partial charge in [-0.3, -0.25) is 0 Å². The van der Waals surface area contributed by atoms with E-state index < -0.39 is 5.54 Å². The molecule has 0 unspecified atom stereocenters. The predicted molar refractivity (Wildman–Crippen MR) is 67.8 cm³/mol. The molecule has 0 aliphatic heterocycles. The van der Waals surface area contributed by atoms with E-state index in [0.29, 0.717) is 18.0 Å². The van der Waals surface area contributed by atoms with Crippen LogP contribution in [0, 0.1) is 0 Å². The fourth-order valence-electron chi connectivity index (χ4n) is 1.55. The van der Waals surface area contributed by atoms with Gasteiger partial charge in [0.1, 0.15) is 12.1 Å². The van der Waals surface area contributed by atoms with Gasteiger partial charge in [0.15, 0.2) is 11.5 Å². The predicted octanol–water partition coefficient (Wildman–Crippen LogP) is -0.489. The van der Waals surface area contributed by atoms with Crippen LogP contribution < -0.4 is 14.8 Å². The first-order valence-electron chi connectivity index (χ1n) is 5.85. The maximum Gasteiger partial charge on any atom is 0.161 e. The van der Waals surface area contributed by atoms with E-state index in [4.69, 9.17) is 9.47 Å². The minimum Gasteiger partial charge on any atom is -0.493 e. The van der Waals surface area contributed by atoms with Crippen molar-refractivity contribution in [3.63, 3.8) is 0 Å². The summed E-state index contributed by atoms with van der Waals surface area (Å²) in [6, 6.07) is 5.68. The minimum atomic E-state index is -0.562. The van der Waals surface area contributed by atoms with Crippen LogP contribution in [0.4, 0.5) is 0 Å². The standard InChI is InChI=1S/C13H21NO4/c1-13(8-15,9-16)14-7-10-4-5-11(17-2)12(6-10)18-3/h4-6,14-16H,7-9H2,1-3H3/p+1. The molecule has 0 spiro atoms. The second-order valence-electron chi connectivity index (χ2n) is 4.57. The molecule has 5 heteroatoms. The summed E-state index contributed by atoms with van der Waals surface area (Å²) in [5.74, 6) is 1.37. The lowest BCUT2D eigenvalue weighted by molar-refractivity contribution is -0.741. The molecular weight excluding hydrogens is 234 g/mol. The van der Waals surface area contributed by atoms with Crippen molar-refractivity contribution in [1.82, 2.24) is 0 Å². The van der Waals surface area contributed by atoms with Gasteiger partial charge >= 0.3 is 0 Å². The van der Waals surface area contributed by atoms with E-state index in [9.17, 15) is 10.2 Å². The summed E-state index contributed by atoms with van der Waals surface area (Å²) < 4.78 is 10.4. The highest BCUT2D eigenvalue weighted by Crippen LogP contribution is 2.27. The van der Waals surface area contributed by atoms with Gasteiger partial charge in [-0.2, -0.15) is 0 Å². The molecule has 102 valence electrons. The summed E-state index contributed by atoms with van der Waals surface area (Å²) in [6.45, 7) is 2.32. The summed E-state index contributed by atoms with van der Waals surface area (Å²) in [7, 11) is 3.19. The van der Waals surface area contributed by atoms with Crippen molar-refractivity contribution >= 4 is 0 Å². The van der Waals surface area contributed by atoms with E-state index in [1.807, 2.05) is 30.4 Å². The highest BCUT2D eigenvalue weighted by molar-refractivity contribution is 5.42. The van der Waals surface area contributed by atoms with Crippen molar-refractivity contribution in [1.29, 1.82) is 0 Å². The molecule has 5 nitrogen and oxygen atoms in total. The number of hydrogen-bond acceptors (Lipinski definition) is 4. The molecule has 0 bridgehead atoms. The monoisotopic (exact) mass is 256 g/mol. The van der Waals surface area contributed by atoms with Crippen LogP contribution >= 0.6 is 0 Å². The van der Waals surface area contributed by atoms with Gasteiger partial charge in [0, 0.05) is 5.56 Å². The lowest BCUT2D eigenvalue weighted by Gasteiger charge is -2.22. The molecule has 0 atom stereocenters. The van der Waals surface area contributed by atoms with Crippen LogP contribution in [-0.2, 0) is 6.54 Å². The summed E-state index contributed by atoms with van der Waals surface area (Å²) in [5.41, 5.74) is 0.480. The molecule has 0 heterocycles. The van der Waals surface area contributed by atoms with E-state index in [1.54, 1.807) is 14.2 Å². The van der Waals surface area contributed by atoms with Crippen LogP contribution in [0.5, 0.6) is 11.5 Å². The number of methoxy groups -OCH3 is 2. The summed E-state index contributed by atoms with van der Waals surface area (Å²) in [6.07, 6.45) is 0. The van der Waals surface area contributed by atoms with Gasteiger partial charge in [-0.05, 0) is 25.1 Å². The molecule has 4 N–H and O–H groups in total. The van der Waals surface area contributed by atoms with E-state index in [1.165, 1.54) is 0 Å². The van der Waals surface area contributed by atoms with Gasteiger partial charge in [-0.25, -0.2) is 0 Å². The second kappa shape index (κ2) is 6.58. The number of ether oxygens (including phenoxy) is 2. The van der Waals surface area contributed by atoms with Gasteiger partial charge in [0.05, 0.1) is 27.4 Å². The van der Waals surface area contributed by atoms with Crippen molar-refractivity contribution in [2.75, 3.05) is 27.4 Å². The molecule has 1 rings (SSSR count). The first-order chi connectivity index (χ1) is 8.58. The highest BCUT2D eigenvalue weighted by atomic mass is 16.5. The second-order valence-corrected chi connectivity index (χ2v) is 4.57. The quantitative estimate of drug-likeness (QED) is 0.615. The van der Waals surface area contributed by atoms with Crippen molar-refractivity contribution in [3.8, 4) is 11.5 Å². The van der Waals surface area contributed by atoms with Crippen LogP contribution in [0.2, 0.25) is 0 Å². The molecule has 0 aliphatic carbocycles. The maximum absolute atomic E-state index is 9.21. The van der Waals surface area contributed by atoms with E-state index >= 15 is 0 Å². The largest absolute Gasteiger partial charge is 0.493 e. The van der Waals surface area contributed by atoms with E-state index in [2.05, 4.69) is 0 Å². The van der Waals surface area contributed by atoms with Crippen LogP contribution in [0.25, 0.3) is 0 Å². The lowest BCUT2D eigenvalue weighted by Crippen LogP contribution is -2.97. The van der Waals surface area contributed by atoms with Crippen LogP contribution in [0.1, 0.15) is 12.5 Å².